The minimum atomic E-state index is -1.67. The van der Waals surface area contributed by atoms with Crippen molar-refractivity contribution in [3.8, 4) is 0 Å². The van der Waals surface area contributed by atoms with E-state index in [9.17, 15) is 14.4 Å². The maximum absolute atomic E-state index is 13.5. The number of para-hydroxylation sites is 1. The summed E-state index contributed by atoms with van der Waals surface area (Å²) in [6.07, 6.45) is 0.230. The van der Waals surface area contributed by atoms with Crippen LogP contribution in [0.5, 0.6) is 0 Å². The molecule has 1 aromatic carbocycles. The second-order valence-corrected chi connectivity index (χ2v) is 8.78. The smallest absolute Gasteiger partial charge is 0.341 e. The quantitative estimate of drug-likeness (QED) is 0.744. The van der Waals surface area contributed by atoms with Gasteiger partial charge in [-0.1, -0.05) is 32.0 Å². The maximum atomic E-state index is 13.5. The van der Waals surface area contributed by atoms with Gasteiger partial charge >= 0.3 is 5.97 Å². The largest absolute Gasteiger partial charge is 0.459 e. The summed E-state index contributed by atoms with van der Waals surface area (Å²) in [7, 11) is 0. The molecule has 152 valence electrons. The first-order chi connectivity index (χ1) is 13.6. The highest BCUT2D eigenvalue weighted by atomic mass is 16.5. The summed E-state index contributed by atoms with van der Waals surface area (Å²) in [6.45, 7) is 7.31. The second kappa shape index (κ2) is 6.20. The fourth-order valence-corrected chi connectivity index (χ4v) is 4.54. The van der Waals surface area contributed by atoms with Crippen molar-refractivity contribution >= 4 is 23.3 Å². The third-order valence-corrected chi connectivity index (χ3v) is 5.53. The summed E-state index contributed by atoms with van der Waals surface area (Å²) in [6, 6.07) is 7.00. The summed E-state index contributed by atoms with van der Waals surface area (Å²) >= 11 is 0. The predicted molar refractivity (Wildman–Crippen MR) is 105 cm³/mol. The van der Waals surface area contributed by atoms with Gasteiger partial charge in [0.25, 0.3) is 0 Å². The van der Waals surface area contributed by atoms with Crippen LogP contribution >= 0.6 is 0 Å². The number of carbonyl (C=O) groups excluding carboxylic acids is 3. The van der Waals surface area contributed by atoms with Crippen LogP contribution in [0.3, 0.4) is 0 Å². The molecule has 0 saturated heterocycles. The number of nitrogens with two attached hydrogens (primary N) is 1. The lowest BCUT2D eigenvalue weighted by molar-refractivity contribution is -0.145. The Morgan fingerprint density at radius 2 is 1.90 bits per heavy atom. The van der Waals surface area contributed by atoms with E-state index in [4.69, 9.17) is 15.2 Å². The van der Waals surface area contributed by atoms with Crippen molar-refractivity contribution < 1.29 is 23.9 Å². The fraction of sp³-hybridized carbons (Fsp3) is 0.409. The Labute approximate surface area is 168 Å². The highest BCUT2D eigenvalue weighted by Crippen LogP contribution is 2.56. The Kier molecular flexibility index (Phi) is 4.12. The number of hydrogen-bond acceptors (Lipinski definition) is 6. The van der Waals surface area contributed by atoms with Gasteiger partial charge in [-0.2, -0.15) is 0 Å². The molecule has 1 atom stereocenters. The number of ether oxygens (including phenoxy) is 2. The van der Waals surface area contributed by atoms with Gasteiger partial charge in [0.1, 0.15) is 16.7 Å². The van der Waals surface area contributed by atoms with E-state index in [0.717, 1.165) is 0 Å². The zero-order chi connectivity index (χ0) is 21.1. The summed E-state index contributed by atoms with van der Waals surface area (Å²) < 4.78 is 11.2. The normalized spacial score (nSPS) is 25.0. The van der Waals surface area contributed by atoms with Crippen LogP contribution in [-0.4, -0.2) is 23.8 Å². The highest BCUT2D eigenvalue weighted by molar-refractivity contribution is 6.22. The molecule has 1 aromatic rings. The monoisotopic (exact) mass is 396 g/mol. The predicted octanol–water partition coefficient (Wildman–Crippen LogP) is 2.67. The van der Waals surface area contributed by atoms with Crippen LogP contribution in [0.15, 0.2) is 47.1 Å². The van der Waals surface area contributed by atoms with Crippen LogP contribution < -0.4 is 11.1 Å². The van der Waals surface area contributed by atoms with Gasteiger partial charge in [0.15, 0.2) is 5.78 Å². The number of allylic oxidation sites excluding steroid dienone is 1. The molecule has 1 amide bonds. The van der Waals surface area contributed by atoms with Crippen LogP contribution in [0, 0.1) is 5.41 Å². The van der Waals surface area contributed by atoms with Gasteiger partial charge in [-0.05, 0) is 25.3 Å². The number of esters is 1. The molecule has 2 heterocycles. The van der Waals surface area contributed by atoms with Gasteiger partial charge in [-0.3, -0.25) is 9.59 Å². The second-order valence-electron chi connectivity index (χ2n) is 8.78. The molecule has 1 aliphatic carbocycles. The molecule has 0 fully saturated rings. The molecule has 0 aromatic heterocycles. The van der Waals surface area contributed by atoms with Gasteiger partial charge in [-0.25, -0.2) is 4.79 Å². The number of carbonyl (C=O) groups is 3. The minimum Gasteiger partial charge on any atom is -0.459 e. The Balaban J connectivity index is 2.04. The number of fused-ring (bicyclic) bond motifs is 3. The lowest BCUT2D eigenvalue weighted by atomic mass is 9.62. The molecule has 0 unspecified atom stereocenters. The van der Waals surface area contributed by atoms with Crippen LogP contribution in [0.4, 0.5) is 5.69 Å². The van der Waals surface area contributed by atoms with E-state index in [1.807, 2.05) is 13.8 Å². The number of anilines is 1. The van der Waals surface area contributed by atoms with E-state index < -0.39 is 23.4 Å². The molecule has 3 N–H and O–H groups in total. The average molecular weight is 396 g/mol. The van der Waals surface area contributed by atoms with E-state index >= 15 is 0 Å². The molecule has 3 aliphatic rings. The van der Waals surface area contributed by atoms with Gasteiger partial charge in [0.05, 0.1) is 11.7 Å². The lowest BCUT2D eigenvalue weighted by Gasteiger charge is -2.42. The average Bonchev–Trinajstić information content (AvgIpc) is 2.85. The van der Waals surface area contributed by atoms with E-state index in [1.54, 1.807) is 38.1 Å². The first kappa shape index (κ1) is 19.2. The molecule has 1 spiro atoms. The number of benzene rings is 1. The summed E-state index contributed by atoms with van der Waals surface area (Å²) in [4.78, 5) is 39.9. The Morgan fingerprint density at radius 3 is 2.59 bits per heavy atom. The van der Waals surface area contributed by atoms with E-state index in [-0.39, 0.29) is 34.6 Å². The molecular formula is C22H24N2O5. The zero-order valence-electron chi connectivity index (χ0n) is 16.9. The standard InChI is InChI=1S/C22H24N2O5/c1-11(2)28-19(26)17-18(23)29-15-10-21(3,4)9-14(25)16(15)22(17)12-7-5-6-8-13(12)24-20(22)27/h5-8,11H,9-10,23H2,1-4H3,(H,24,27)/t22-/m0/s1. The SMILES string of the molecule is CC(C)OC(=O)C1=C(N)OC2=C(C(=O)CC(C)(C)C2)[C@]12C(=O)Nc1ccccc12. The van der Waals surface area contributed by atoms with Crippen molar-refractivity contribution in [1.82, 2.24) is 0 Å². The fourth-order valence-electron chi connectivity index (χ4n) is 4.54. The Morgan fingerprint density at radius 1 is 1.21 bits per heavy atom. The number of amides is 1. The van der Waals surface area contributed by atoms with Crippen LogP contribution in [0.25, 0.3) is 0 Å². The van der Waals surface area contributed by atoms with Crippen molar-refractivity contribution in [3.05, 3.63) is 52.6 Å². The number of ketones is 1. The van der Waals surface area contributed by atoms with Crippen molar-refractivity contribution in [1.29, 1.82) is 0 Å². The van der Waals surface area contributed by atoms with Gasteiger partial charge in [-0.15, -0.1) is 0 Å². The zero-order valence-corrected chi connectivity index (χ0v) is 16.9. The molecule has 2 aliphatic heterocycles. The van der Waals surface area contributed by atoms with Gasteiger partial charge in [0, 0.05) is 24.1 Å². The molecule has 0 radical (unpaired) electrons. The Bertz CT molecular complexity index is 1020. The third kappa shape index (κ3) is 2.68. The summed E-state index contributed by atoms with van der Waals surface area (Å²) in [5.41, 5.74) is 5.27. The number of hydrogen-bond donors (Lipinski definition) is 2. The minimum absolute atomic E-state index is 0.138. The molecule has 7 heteroatoms. The first-order valence-electron chi connectivity index (χ1n) is 9.65. The van der Waals surface area contributed by atoms with Crippen LogP contribution in [0.2, 0.25) is 0 Å². The number of rotatable bonds is 2. The maximum Gasteiger partial charge on any atom is 0.341 e. The van der Waals surface area contributed by atoms with Gasteiger partial charge in [0.2, 0.25) is 11.8 Å². The first-order valence-corrected chi connectivity index (χ1v) is 9.65. The summed E-state index contributed by atoms with van der Waals surface area (Å²) in [5.74, 6) is -1.36. The topological polar surface area (TPSA) is 108 Å². The van der Waals surface area contributed by atoms with Crippen molar-refractivity contribution in [2.24, 2.45) is 11.1 Å². The molecule has 4 rings (SSSR count). The molecule has 7 nitrogen and oxygen atoms in total. The van der Waals surface area contributed by atoms with E-state index in [1.165, 1.54) is 0 Å². The molecular weight excluding hydrogens is 372 g/mol. The lowest BCUT2D eigenvalue weighted by Crippen LogP contribution is -2.50. The molecule has 0 saturated carbocycles. The van der Waals surface area contributed by atoms with Crippen molar-refractivity contribution in [3.63, 3.8) is 0 Å². The molecule has 29 heavy (non-hydrogen) atoms. The number of nitrogens with one attached hydrogen (secondary N) is 1. The van der Waals surface area contributed by atoms with Crippen LogP contribution in [-0.2, 0) is 29.3 Å². The van der Waals surface area contributed by atoms with E-state index in [0.29, 0.717) is 23.4 Å². The van der Waals surface area contributed by atoms with Gasteiger partial charge < -0.3 is 20.5 Å². The van der Waals surface area contributed by atoms with Crippen molar-refractivity contribution in [2.75, 3.05) is 5.32 Å². The molecule has 0 bridgehead atoms. The highest BCUT2D eigenvalue weighted by Gasteiger charge is 2.62. The Hall–Kier alpha value is -3.09. The van der Waals surface area contributed by atoms with Crippen LogP contribution in [0.1, 0.15) is 46.1 Å². The van der Waals surface area contributed by atoms with Crippen molar-refractivity contribution in [2.45, 2.75) is 52.1 Å². The third-order valence-electron chi connectivity index (χ3n) is 5.53. The van der Waals surface area contributed by atoms with E-state index in [2.05, 4.69) is 5.32 Å². The number of Topliss-reactive ketones (excluding diaryl/α,β-unsaturated/α-hetero) is 1. The summed E-state index contributed by atoms with van der Waals surface area (Å²) in [5, 5.41) is 2.81.